The maximum absolute atomic E-state index is 5.46. The molecule has 20 heavy (non-hydrogen) atoms. The summed E-state index contributed by atoms with van der Waals surface area (Å²) in [6.45, 7) is 4.62. The summed E-state index contributed by atoms with van der Waals surface area (Å²) in [6.07, 6.45) is 2.68. The van der Waals surface area contributed by atoms with E-state index in [9.17, 15) is 0 Å². The Hall–Kier alpha value is -1.96. The fourth-order valence-corrected chi connectivity index (χ4v) is 2.14. The van der Waals surface area contributed by atoms with Crippen LogP contribution in [0, 0.1) is 0 Å². The van der Waals surface area contributed by atoms with Gasteiger partial charge in [-0.1, -0.05) is 6.92 Å². The smallest absolute Gasteiger partial charge is 0.323 e. The minimum absolute atomic E-state index is 0.0288. The van der Waals surface area contributed by atoms with E-state index >= 15 is 0 Å². The van der Waals surface area contributed by atoms with E-state index < -0.39 is 0 Å². The molecule has 2 N–H and O–H groups in total. The van der Waals surface area contributed by atoms with E-state index in [0.717, 1.165) is 11.4 Å². The average Bonchev–Trinajstić information content (AvgIpc) is 2.99. The van der Waals surface area contributed by atoms with Crippen molar-refractivity contribution in [2.45, 2.75) is 26.3 Å². The van der Waals surface area contributed by atoms with Gasteiger partial charge in [0.15, 0.2) is 0 Å². The van der Waals surface area contributed by atoms with Gasteiger partial charge in [-0.25, -0.2) is 4.98 Å². The van der Waals surface area contributed by atoms with Crippen molar-refractivity contribution >= 4 is 23.2 Å². The van der Waals surface area contributed by atoms with Crippen LogP contribution in [0.2, 0.25) is 0 Å². The van der Waals surface area contributed by atoms with Crippen molar-refractivity contribution in [3.05, 3.63) is 16.6 Å². The Kier molecular flexibility index (Phi) is 5.05. The van der Waals surface area contributed by atoms with E-state index in [4.69, 9.17) is 4.74 Å². The zero-order valence-electron chi connectivity index (χ0n) is 11.8. The van der Waals surface area contributed by atoms with Gasteiger partial charge in [0, 0.05) is 18.6 Å². The normalized spacial score (nSPS) is 11.9. The van der Waals surface area contributed by atoms with Gasteiger partial charge in [-0.05, 0) is 13.3 Å². The van der Waals surface area contributed by atoms with E-state index in [1.165, 1.54) is 0 Å². The molecule has 0 aliphatic carbocycles. The SMILES string of the molecule is CCCOc1nc(NC)nc(NC(C)c2nccs2)n1. The van der Waals surface area contributed by atoms with Gasteiger partial charge in [0.1, 0.15) is 5.01 Å². The lowest BCUT2D eigenvalue weighted by Crippen LogP contribution is -2.12. The van der Waals surface area contributed by atoms with Crippen LogP contribution in [0.1, 0.15) is 31.3 Å². The van der Waals surface area contributed by atoms with Crippen LogP contribution < -0.4 is 15.4 Å². The molecular formula is C12H18N6OS. The van der Waals surface area contributed by atoms with Crippen molar-refractivity contribution in [2.75, 3.05) is 24.3 Å². The third-order valence-electron chi connectivity index (χ3n) is 2.44. The van der Waals surface area contributed by atoms with Crippen molar-refractivity contribution in [2.24, 2.45) is 0 Å². The first-order valence-electron chi connectivity index (χ1n) is 6.45. The van der Waals surface area contributed by atoms with Crippen LogP contribution in [-0.4, -0.2) is 33.6 Å². The molecule has 0 fully saturated rings. The molecule has 0 saturated carbocycles. The number of anilines is 2. The highest BCUT2D eigenvalue weighted by atomic mass is 32.1. The summed E-state index contributed by atoms with van der Waals surface area (Å²) in [4.78, 5) is 16.9. The van der Waals surface area contributed by atoms with E-state index in [1.54, 1.807) is 24.6 Å². The van der Waals surface area contributed by atoms with Crippen LogP contribution in [0.4, 0.5) is 11.9 Å². The number of hydrogen-bond donors (Lipinski definition) is 2. The van der Waals surface area contributed by atoms with Gasteiger partial charge in [0.2, 0.25) is 11.9 Å². The van der Waals surface area contributed by atoms with Gasteiger partial charge in [-0.2, -0.15) is 15.0 Å². The topological polar surface area (TPSA) is 84.9 Å². The van der Waals surface area contributed by atoms with Crippen molar-refractivity contribution in [3.8, 4) is 6.01 Å². The number of rotatable bonds is 7. The van der Waals surface area contributed by atoms with Gasteiger partial charge < -0.3 is 15.4 Å². The third-order valence-corrected chi connectivity index (χ3v) is 3.40. The zero-order chi connectivity index (χ0) is 14.4. The van der Waals surface area contributed by atoms with Crippen LogP contribution in [-0.2, 0) is 0 Å². The summed E-state index contributed by atoms with van der Waals surface area (Å²) in [7, 11) is 1.76. The van der Waals surface area contributed by atoms with Crippen LogP contribution in [0.25, 0.3) is 0 Å². The monoisotopic (exact) mass is 294 g/mol. The second-order valence-corrected chi connectivity index (χ2v) is 5.03. The fraction of sp³-hybridized carbons (Fsp3) is 0.500. The highest BCUT2D eigenvalue weighted by Crippen LogP contribution is 2.20. The predicted molar refractivity (Wildman–Crippen MR) is 79.3 cm³/mol. The van der Waals surface area contributed by atoms with Crippen LogP contribution >= 0.6 is 11.3 Å². The number of hydrogen-bond acceptors (Lipinski definition) is 8. The molecule has 0 spiro atoms. The molecule has 0 amide bonds. The van der Waals surface area contributed by atoms with E-state index in [2.05, 4.69) is 30.6 Å². The summed E-state index contributed by atoms with van der Waals surface area (Å²) >= 11 is 1.59. The molecule has 0 aromatic carbocycles. The standard InChI is InChI=1S/C12H18N6OS/c1-4-6-19-12-17-10(13-3)16-11(18-12)15-8(2)9-14-5-7-20-9/h5,7-8H,4,6H2,1-3H3,(H2,13,15,16,17,18). The Morgan fingerprint density at radius 1 is 1.30 bits per heavy atom. The molecule has 0 bridgehead atoms. The van der Waals surface area contributed by atoms with E-state index in [-0.39, 0.29) is 6.04 Å². The number of aromatic nitrogens is 4. The Labute approximate surface area is 121 Å². The molecule has 2 aromatic heterocycles. The van der Waals surface area contributed by atoms with Crippen LogP contribution in [0.15, 0.2) is 11.6 Å². The second-order valence-electron chi connectivity index (χ2n) is 4.10. The molecule has 108 valence electrons. The second kappa shape index (κ2) is 6.99. The summed E-state index contributed by atoms with van der Waals surface area (Å²) in [5, 5.41) is 9.02. The van der Waals surface area contributed by atoms with E-state index in [0.29, 0.717) is 24.5 Å². The maximum atomic E-state index is 5.46. The first kappa shape index (κ1) is 14.4. The van der Waals surface area contributed by atoms with Crippen LogP contribution in [0.3, 0.4) is 0 Å². The molecule has 0 saturated heterocycles. The molecule has 2 heterocycles. The Morgan fingerprint density at radius 3 is 2.75 bits per heavy atom. The Morgan fingerprint density at radius 2 is 2.10 bits per heavy atom. The molecule has 0 aliphatic rings. The van der Waals surface area contributed by atoms with Gasteiger partial charge in [-0.3, -0.25) is 0 Å². The number of nitrogens with one attached hydrogen (secondary N) is 2. The fourth-order valence-electron chi connectivity index (χ4n) is 1.49. The van der Waals surface area contributed by atoms with Gasteiger partial charge in [0.25, 0.3) is 0 Å². The lowest BCUT2D eigenvalue weighted by molar-refractivity contribution is 0.292. The Bertz CT molecular complexity index is 533. The van der Waals surface area contributed by atoms with Crippen molar-refractivity contribution in [3.63, 3.8) is 0 Å². The van der Waals surface area contributed by atoms with Crippen molar-refractivity contribution in [1.82, 2.24) is 19.9 Å². The molecule has 2 rings (SSSR count). The maximum Gasteiger partial charge on any atom is 0.323 e. The average molecular weight is 294 g/mol. The highest BCUT2D eigenvalue weighted by Gasteiger charge is 2.12. The molecule has 0 aliphatic heterocycles. The lowest BCUT2D eigenvalue weighted by atomic mass is 10.4. The first-order chi connectivity index (χ1) is 9.72. The number of thiazole rings is 1. The largest absolute Gasteiger partial charge is 0.463 e. The molecule has 1 unspecified atom stereocenters. The molecule has 1 atom stereocenters. The lowest BCUT2D eigenvalue weighted by Gasteiger charge is -2.12. The van der Waals surface area contributed by atoms with Crippen LogP contribution in [0.5, 0.6) is 6.01 Å². The van der Waals surface area contributed by atoms with Gasteiger partial charge >= 0.3 is 6.01 Å². The summed E-state index contributed by atoms with van der Waals surface area (Å²) < 4.78 is 5.46. The Balaban J connectivity index is 2.13. The van der Waals surface area contributed by atoms with Gasteiger partial charge in [0.05, 0.1) is 12.6 Å². The van der Waals surface area contributed by atoms with E-state index in [1.807, 2.05) is 19.2 Å². The number of nitrogens with zero attached hydrogens (tertiary/aromatic N) is 4. The molecule has 2 aromatic rings. The third kappa shape index (κ3) is 3.77. The molecular weight excluding hydrogens is 276 g/mol. The summed E-state index contributed by atoms with van der Waals surface area (Å²) in [5.41, 5.74) is 0. The predicted octanol–water partition coefficient (Wildman–Crippen LogP) is 2.33. The molecule has 7 nitrogen and oxygen atoms in total. The van der Waals surface area contributed by atoms with Gasteiger partial charge in [-0.15, -0.1) is 11.3 Å². The quantitative estimate of drug-likeness (QED) is 0.810. The summed E-state index contributed by atoms with van der Waals surface area (Å²) in [5.74, 6) is 0.943. The minimum Gasteiger partial charge on any atom is -0.463 e. The van der Waals surface area contributed by atoms with Crippen molar-refractivity contribution in [1.29, 1.82) is 0 Å². The number of ether oxygens (including phenoxy) is 1. The van der Waals surface area contributed by atoms with Crippen molar-refractivity contribution < 1.29 is 4.74 Å². The first-order valence-corrected chi connectivity index (χ1v) is 7.33. The summed E-state index contributed by atoms with van der Waals surface area (Å²) in [6, 6.07) is 0.348. The minimum atomic E-state index is 0.0288. The molecule has 8 heteroatoms. The highest BCUT2D eigenvalue weighted by molar-refractivity contribution is 7.09. The molecule has 0 radical (unpaired) electrons. The zero-order valence-corrected chi connectivity index (χ0v) is 12.6.